The van der Waals surface area contributed by atoms with Gasteiger partial charge in [-0.15, -0.1) is 0 Å². The zero-order valence-corrected chi connectivity index (χ0v) is 12.2. The number of rotatable bonds is 2. The van der Waals surface area contributed by atoms with Gasteiger partial charge in [0.05, 0.1) is 15.1 Å². The minimum absolute atomic E-state index is 0.0562. The molecule has 1 amide bonds. The molecule has 0 spiro atoms. The largest absolute Gasteiger partial charge is 0.305 e. The lowest BCUT2D eigenvalue weighted by Crippen LogP contribution is -2.15. The molecule has 0 fully saturated rings. The maximum atomic E-state index is 13.6. The van der Waals surface area contributed by atoms with E-state index in [1.54, 1.807) is 12.3 Å². The molecule has 0 aliphatic carbocycles. The topological polar surface area (TPSA) is 42.0 Å². The third-order valence-electron chi connectivity index (χ3n) is 2.40. The molecule has 1 heterocycles. The van der Waals surface area contributed by atoms with E-state index in [1.807, 2.05) is 6.92 Å². The Labute approximate surface area is 122 Å². The number of benzene rings is 1. The van der Waals surface area contributed by atoms with E-state index in [9.17, 15) is 9.18 Å². The minimum Gasteiger partial charge on any atom is -0.305 e. The molecular weight excluding hydrogens is 335 g/mol. The summed E-state index contributed by atoms with van der Waals surface area (Å²) in [5.41, 5.74) is 0.743. The third-order valence-corrected chi connectivity index (χ3v) is 3.32. The molecule has 0 unspecified atom stereocenters. The van der Waals surface area contributed by atoms with Gasteiger partial charge in [0, 0.05) is 6.20 Å². The average molecular weight is 344 g/mol. The first kappa shape index (κ1) is 14.0. The number of amides is 1. The summed E-state index contributed by atoms with van der Waals surface area (Å²) >= 11 is 9.10. The number of carbonyl (C=O) groups excluding carboxylic acids is 1. The molecule has 6 heteroatoms. The highest BCUT2D eigenvalue weighted by Gasteiger charge is 2.17. The van der Waals surface area contributed by atoms with E-state index >= 15 is 0 Å². The summed E-state index contributed by atoms with van der Waals surface area (Å²) in [7, 11) is 0. The van der Waals surface area contributed by atoms with E-state index in [-0.39, 0.29) is 10.6 Å². The van der Waals surface area contributed by atoms with E-state index in [4.69, 9.17) is 11.6 Å². The molecule has 2 rings (SSSR count). The van der Waals surface area contributed by atoms with Gasteiger partial charge in [0.15, 0.2) is 0 Å². The van der Waals surface area contributed by atoms with Crippen molar-refractivity contribution in [1.82, 2.24) is 4.98 Å². The molecule has 0 radical (unpaired) electrons. The molecule has 2 aromatic rings. The highest BCUT2D eigenvalue weighted by atomic mass is 79.9. The number of nitrogens with one attached hydrogen (secondary N) is 1. The van der Waals surface area contributed by atoms with E-state index < -0.39 is 11.7 Å². The van der Waals surface area contributed by atoms with Gasteiger partial charge in [0.2, 0.25) is 0 Å². The predicted octanol–water partition coefficient (Wildman–Crippen LogP) is 4.20. The lowest BCUT2D eigenvalue weighted by Gasteiger charge is -2.08. The minimum atomic E-state index is -0.673. The van der Waals surface area contributed by atoms with Crippen molar-refractivity contribution in [2.24, 2.45) is 0 Å². The van der Waals surface area contributed by atoms with E-state index in [0.29, 0.717) is 10.3 Å². The van der Waals surface area contributed by atoms with Crippen LogP contribution in [0.4, 0.5) is 10.2 Å². The number of aryl methyl sites for hydroxylation is 1. The number of hydrogen-bond donors (Lipinski definition) is 1. The van der Waals surface area contributed by atoms with Crippen LogP contribution < -0.4 is 5.32 Å². The van der Waals surface area contributed by atoms with Crippen molar-refractivity contribution < 1.29 is 9.18 Å². The second-order valence-corrected chi connectivity index (χ2v) is 5.16. The number of pyridine rings is 1. The van der Waals surface area contributed by atoms with Crippen molar-refractivity contribution in [3.8, 4) is 0 Å². The molecule has 0 aliphatic rings. The SMILES string of the molecule is Cc1cnc(NC(=O)c2c(F)cccc2Cl)c(Br)c1. The molecular formula is C13H9BrClFN2O. The van der Waals surface area contributed by atoms with Crippen LogP contribution in [0.3, 0.4) is 0 Å². The van der Waals surface area contributed by atoms with Crippen LogP contribution in [0.2, 0.25) is 5.02 Å². The molecule has 0 saturated heterocycles. The summed E-state index contributed by atoms with van der Waals surface area (Å²) in [6.45, 7) is 1.87. The van der Waals surface area contributed by atoms with Crippen molar-refractivity contribution >= 4 is 39.3 Å². The molecule has 0 saturated carbocycles. The molecule has 1 aromatic heterocycles. The maximum absolute atomic E-state index is 13.6. The molecule has 1 aromatic carbocycles. The summed E-state index contributed by atoms with van der Waals surface area (Å²) in [5.74, 6) is -0.997. The summed E-state index contributed by atoms with van der Waals surface area (Å²) in [4.78, 5) is 16.1. The summed E-state index contributed by atoms with van der Waals surface area (Å²) in [6, 6.07) is 5.87. The number of carbonyl (C=O) groups is 1. The lowest BCUT2D eigenvalue weighted by atomic mass is 10.2. The first-order valence-corrected chi connectivity index (χ1v) is 6.53. The van der Waals surface area contributed by atoms with Crippen LogP contribution in [-0.2, 0) is 0 Å². The van der Waals surface area contributed by atoms with Gasteiger partial charge in [-0.25, -0.2) is 9.37 Å². The van der Waals surface area contributed by atoms with Crippen LogP contribution in [0, 0.1) is 12.7 Å². The van der Waals surface area contributed by atoms with Gasteiger partial charge in [-0.3, -0.25) is 4.79 Å². The lowest BCUT2D eigenvalue weighted by molar-refractivity contribution is 0.102. The molecule has 1 N–H and O–H groups in total. The Morgan fingerprint density at radius 2 is 2.21 bits per heavy atom. The molecule has 0 aliphatic heterocycles. The molecule has 0 atom stereocenters. The zero-order chi connectivity index (χ0) is 14.0. The van der Waals surface area contributed by atoms with E-state index in [1.165, 1.54) is 18.2 Å². The second-order valence-electron chi connectivity index (χ2n) is 3.89. The Morgan fingerprint density at radius 3 is 2.84 bits per heavy atom. The molecule has 3 nitrogen and oxygen atoms in total. The van der Waals surface area contributed by atoms with Gasteiger partial charge in [0.1, 0.15) is 11.6 Å². The summed E-state index contributed by atoms with van der Waals surface area (Å²) < 4.78 is 14.2. The van der Waals surface area contributed by atoms with Crippen LogP contribution in [0.5, 0.6) is 0 Å². The van der Waals surface area contributed by atoms with Gasteiger partial charge in [-0.2, -0.15) is 0 Å². The van der Waals surface area contributed by atoms with Gasteiger partial charge >= 0.3 is 0 Å². The van der Waals surface area contributed by atoms with Crippen molar-refractivity contribution in [1.29, 1.82) is 0 Å². The average Bonchev–Trinajstić information content (AvgIpc) is 2.32. The molecule has 98 valence electrons. The van der Waals surface area contributed by atoms with Crippen LogP contribution in [0.15, 0.2) is 34.9 Å². The zero-order valence-electron chi connectivity index (χ0n) is 9.88. The standard InChI is InChI=1S/C13H9BrClFN2O/c1-7-5-8(14)12(17-6-7)18-13(19)11-9(15)3-2-4-10(11)16/h2-6H,1H3,(H,17,18,19). The molecule has 19 heavy (non-hydrogen) atoms. The second kappa shape index (κ2) is 5.67. The van der Waals surface area contributed by atoms with Gasteiger partial charge in [0.25, 0.3) is 5.91 Å². The number of anilines is 1. The van der Waals surface area contributed by atoms with Gasteiger partial charge in [-0.1, -0.05) is 17.7 Å². The van der Waals surface area contributed by atoms with Gasteiger partial charge in [-0.05, 0) is 46.6 Å². The van der Waals surface area contributed by atoms with Crippen molar-refractivity contribution in [3.05, 3.63) is 56.9 Å². The Kier molecular flexibility index (Phi) is 4.17. The summed E-state index contributed by atoms with van der Waals surface area (Å²) in [6.07, 6.45) is 1.60. The molecule has 0 bridgehead atoms. The van der Waals surface area contributed by atoms with Crippen molar-refractivity contribution in [2.75, 3.05) is 5.32 Å². The van der Waals surface area contributed by atoms with E-state index in [2.05, 4.69) is 26.2 Å². The normalized spacial score (nSPS) is 10.3. The van der Waals surface area contributed by atoms with E-state index in [0.717, 1.165) is 5.56 Å². The number of hydrogen-bond acceptors (Lipinski definition) is 2. The number of halogens is 3. The quantitative estimate of drug-likeness (QED) is 0.888. The Balaban J connectivity index is 2.31. The fourth-order valence-electron chi connectivity index (χ4n) is 1.51. The first-order chi connectivity index (χ1) is 8.99. The predicted molar refractivity (Wildman–Crippen MR) is 76.0 cm³/mol. The van der Waals surface area contributed by atoms with Gasteiger partial charge < -0.3 is 5.32 Å². The Hall–Kier alpha value is -1.46. The fourth-order valence-corrected chi connectivity index (χ4v) is 2.32. The maximum Gasteiger partial charge on any atom is 0.261 e. The first-order valence-electron chi connectivity index (χ1n) is 5.36. The van der Waals surface area contributed by atoms with Crippen LogP contribution in [0.25, 0.3) is 0 Å². The Morgan fingerprint density at radius 1 is 1.47 bits per heavy atom. The summed E-state index contributed by atoms with van der Waals surface area (Å²) in [5, 5.41) is 2.57. The van der Waals surface area contributed by atoms with Crippen LogP contribution in [-0.4, -0.2) is 10.9 Å². The monoisotopic (exact) mass is 342 g/mol. The highest BCUT2D eigenvalue weighted by molar-refractivity contribution is 9.10. The van der Waals surface area contributed by atoms with Crippen molar-refractivity contribution in [3.63, 3.8) is 0 Å². The fraction of sp³-hybridized carbons (Fsp3) is 0.0769. The van der Waals surface area contributed by atoms with Crippen LogP contribution >= 0.6 is 27.5 Å². The number of nitrogens with zero attached hydrogens (tertiary/aromatic N) is 1. The van der Waals surface area contributed by atoms with Crippen LogP contribution in [0.1, 0.15) is 15.9 Å². The third kappa shape index (κ3) is 3.11. The smallest absolute Gasteiger partial charge is 0.261 e. The number of aromatic nitrogens is 1. The Bertz CT molecular complexity index is 628. The highest BCUT2D eigenvalue weighted by Crippen LogP contribution is 2.24. The van der Waals surface area contributed by atoms with Crippen molar-refractivity contribution in [2.45, 2.75) is 6.92 Å².